The Morgan fingerprint density at radius 2 is 2.00 bits per heavy atom. The van der Waals surface area contributed by atoms with Crippen LogP contribution in [0.1, 0.15) is 44.0 Å². The van der Waals surface area contributed by atoms with Crippen LogP contribution in [0.25, 0.3) is 0 Å². The van der Waals surface area contributed by atoms with Crippen molar-refractivity contribution in [3.8, 4) is 5.75 Å². The lowest BCUT2D eigenvalue weighted by molar-refractivity contribution is -0.0498. The van der Waals surface area contributed by atoms with Crippen LogP contribution in [0.3, 0.4) is 0 Å². The Bertz CT molecular complexity index is 1000. The van der Waals surface area contributed by atoms with Gasteiger partial charge in [0.25, 0.3) is 11.5 Å². The molecule has 1 heterocycles. The van der Waals surface area contributed by atoms with Crippen molar-refractivity contribution < 1.29 is 18.3 Å². The summed E-state index contributed by atoms with van der Waals surface area (Å²) in [5, 5.41) is 0. The number of halogens is 2. The quantitative estimate of drug-likeness (QED) is 0.643. The Morgan fingerprint density at radius 1 is 1.30 bits per heavy atom. The summed E-state index contributed by atoms with van der Waals surface area (Å²) in [5.74, 6) is -0.860. The molecule has 1 amide bonds. The molecule has 1 aromatic heterocycles. The molecule has 0 saturated carbocycles. The highest BCUT2D eigenvalue weighted by Crippen LogP contribution is 2.23. The summed E-state index contributed by atoms with van der Waals surface area (Å²) in [4.78, 5) is 41.4. The molecule has 0 atom stereocenters. The molecule has 10 heteroatoms. The molecule has 0 saturated heterocycles. The van der Waals surface area contributed by atoms with E-state index in [0.29, 0.717) is 6.42 Å². The van der Waals surface area contributed by atoms with Gasteiger partial charge in [-0.1, -0.05) is 33.3 Å². The first-order valence-electron chi connectivity index (χ1n) is 9.65. The van der Waals surface area contributed by atoms with Crippen molar-refractivity contribution in [2.75, 3.05) is 17.2 Å². The first kappa shape index (κ1) is 23.1. The molecule has 2 aromatic rings. The summed E-state index contributed by atoms with van der Waals surface area (Å²) < 4.78 is 30.6. The SMILES string of the molecule is CCCCN(C(=O)c1cccc(OC(F)F)c1)c1c(N)n(CC(C)C)c(=O)[nH]c1=O. The van der Waals surface area contributed by atoms with Crippen LogP contribution >= 0.6 is 0 Å². The molecular weight excluding hydrogens is 398 g/mol. The molecule has 8 nitrogen and oxygen atoms in total. The van der Waals surface area contributed by atoms with Crippen molar-refractivity contribution in [1.29, 1.82) is 0 Å². The summed E-state index contributed by atoms with van der Waals surface area (Å²) in [7, 11) is 0. The largest absolute Gasteiger partial charge is 0.435 e. The van der Waals surface area contributed by atoms with Crippen molar-refractivity contribution >= 4 is 17.4 Å². The minimum Gasteiger partial charge on any atom is -0.435 e. The Balaban J connectivity index is 2.57. The van der Waals surface area contributed by atoms with Crippen molar-refractivity contribution in [1.82, 2.24) is 9.55 Å². The van der Waals surface area contributed by atoms with Gasteiger partial charge in [-0.25, -0.2) is 4.79 Å². The fraction of sp³-hybridized carbons (Fsp3) is 0.450. The number of rotatable bonds is 9. The highest BCUT2D eigenvalue weighted by molar-refractivity contribution is 6.07. The molecule has 1 aromatic carbocycles. The molecule has 0 aliphatic rings. The number of aromatic nitrogens is 2. The summed E-state index contributed by atoms with van der Waals surface area (Å²) in [6.45, 7) is 3.04. The maximum Gasteiger partial charge on any atom is 0.387 e. The van der Waals surface area contributed by atoms with Crippen LogP contribution in [-0.2, 0) is 6.54 Å². The number of nitrogen functional groups attached to an aromatic ring is 1. The molecule has 2 rings (SSSR count). The van der Waals surface area contributed by atoms with E-state index in [2.05, 4.69) is 9.72 Å². The van der Waals surface area contributed by atoms with E-state index in [1.54, 1.807) is 0 Å². The van der Waals surface area contributed by atoms with Crippen LogP contribution in [0, 0.1) is 5.92 Å². The van der Waals surface area contributed by atoms with Gasteiger partial charge in [0.15, 0.2) is 5.69 Å². The number of unbranched alkanes of at least 4 members (excludes halogenated alkanes) is 1. The smallest absolute Gasteiger partial charge is 0.387 e. The zero-order valence-corrected chi connectivity index (χ0v) is 17.2. The topological polar surface area (TPSA) is 110 Å². The zero-order chi connectivity index (χ0) is 22.4. The standard InChI is InChI=1S/C20H26F2N4O4/c1-4-5-9-25(18(28)13-7-6-8-14(10-13)30-19(21)22)15-16(23)26(11-12(2)3)20(29)24-17(15)27/h6-8,10,12,19H,4-5,9,11,23H2,1-3H3,(H,24,27,29). The second-order valence-corrected chi connectivity index (χ2v) is 7.21. The first-order valence-corrected chi connectivity index (χ1v) is 9.65. The number of hydrogen-bond donors (Lipinski definition) is 2. The molecule has 0 fully saturated rings. The highest BCUT2D eigenvalue weighted by Gasteiger charge is 2.25. The third-order valence-electron chi connectivity index (χ3n) is 4.32. The predicted octanol–water partition coefficient (Wildman–Crippen LogP) is 2.82. The maximum atomic E-state index is 13.2. The molecule has 164 valence electrons. The molecule has 0 radical (unpaired) electrons. The lowest BCUT2D eigenvalue weighted by Crippen LogP contribution is -2.42. The lowest BCUT2D eigenvalue weighted by atomic mass is 10.1. The maximum absolute atomic E-state index is 13.2. The molecule has 0 bridgehead atoms. The molecule has 0 spiro atoms. The molecule has 30 heavy (non-hydrogen) atoms. The monoisotopic (exact) mass is 424 g/mol. The van der Waals surface area contributed by atoms with E-state index in [0.717, 1.165) is 6.42 Å². The van der Waals surface area contributed by atoms with Crippen molar-refractivity contribution in [2.45, 2.75) is 46.8 Å². The van der Waals surface area contributed by atoms with E-state index in [-0.39, 0.29) is 41.8 Å². The number of alkyl halides is 2. The number of amides is 1. The van der Waals surface area contributed by atoms with Crippen molar-refractivity contribution in [2.24, 2.45) is 5.92 Å². The molecule has 0 unspecified atom stereocenters. The third kappa shape index (κ3) is 5.46. The van der Waals surface area contributed by atoms with Gasteiger partial charge in [-0.3, -0.25) is 19.1 Å². The molecule has 3 N–H and O–H groups in total. The van der Waals surface area contributed by atoms with Crippen LogP contribution in [0.5, 0.6) is 5.75 Å². The summed E-state index contributed by atoms with van der Waals surface area (Å²) >= 11 is 0. The zero-order valence-electron chi connectivity index (χ0n) is 17.2. The number of carbonyl (C=O) groups is 1. The number of nitrogens with one attached hydrogen (secondary N) is 1. The minimum atomic E-state index is -3.04. The number of benzene rings is 1. The van der Waals surface area contributed by atoms with Crippen LogP contribution in [-0.4, -0.2) is 28.6 Å². The lowest BCUT2D eigenvalue weighted by Gasteiger charge is -2.25. The summed E-state index contributed by atoms with van der Waals surface area (Å²) in [6.07, 6.45) is 1.28. The van der Waals surface area contributed by atoms with Gasteiger partial charge in [-0.05, 0) is 30.5 Å². The number of carbonyl (C=O) groups excluding carboxylic acids is 1. The number of hydrogen-bond acceptors (Lipinski definition) is 5. The molecule has 0 aliphatic carbocycles. The molecular formula is C20H26F2N4O4. The van der Waals surface area contributed by atoms with Crippen LogP contribution in [0.15, 0.2) is 33.9 Å². The van der Waals surface area contributed by atoms with E-state index < -0.39 is 23.8 Å². The van der Waals surface area contributed by atoms with Gasteiger partial charge in [-0.2, -0.15) is 8.78 Å². The fourth-order valence-electron chi connectivity index (χ4n) is 2.98. The van der Waals surface area contributed by atoms with Gasteiger partial charge in [0, 0.05) is 18.7 Å². The highest BCUT2D eigenvalue weighted by atomic mass is 19.3. The average Bonchev–Trinajstić information content (AvgIpc) is 2.66. The van der Waals surface area contributed by atoms with Crippen LogP contribution < -0.4 is 26.6 Å². The Kier molecular flexibility index (Phi) is 7.73. The van der Waals surface area contributed by atoms with E-state index in [4.69, 9.17) is 5.73 Å². The fourth-order valence-corrected chi connectivity index (χ4v) is 2.98. The van der Waals surface area contributed by atoms with E-state index in [1.165, 1.54) is 33.7 Å². The van der Waals surface area contributed by atoms with Crippen molar-refractivity contribution in [3.05, 3.63) is 50.7 Å². The number of aromatic amines is 1. The third-order valence-corrected chi connectivity index (χ3v) is 4.32. The summed E-state index contributed by atoms with van der Waals surface area (Å²) in [5.41, 5.74) is 4.59. The Morgan fingerprint density at radius 3 is 2.60 bits per heavy atom. The number of nitrogens with zero attached hydrogens (tertiary/aromatic N) is 2. The van der Waals surface area contributed by atoms with Crippen LogP contribution in [0.2, 0.25) is 0 Å². The van der Waals surface area contributed by atoms with Gasteiger partial charge in [-0.15, -0.1) is 0 Å². The summed E-state index contributed by atoms with van der Waals surface area (Å²) in [6, 6.07) is 5.29. The second kappa shape index (κ2) is 10.0. The van der Waals surface area contributed by atoms with Gasteiger partial charge in [0.05, 0.1) is 0 Å². The number of ether oxygens (including phenoxy) is 1. The number of anilines is 2. The predicted molar refractivity (Wildman–Crippen MR) is 110 cm³/mol. The second-order valence-electron chi connectivity index (χ2n) is 7.21. The first-order chi connectivity index (χ1) is 14.1. The van der Waals surface area contributed by atoms with Gasteiger partial charge in [0.2, 0.25) is 0 Å². The van der Waals surface area contributed by atoms with Crippen molar-refractivity contribution in [3.63, 3.8) is 0 Å². The Labute approximate surface area is 172 Å². The molecule has 0 aliphatic heterocycles. The van der Waals surface area contributed by atoms with E-state index in [9.17, 15) is 23.2 Å². The average molecular weight is 424 g/mol. The van der Waals surface area contributed by atoms with Gasteiger partial charge in [0.1, 0.15) is 11.6 Å². The van der Waals surface area contributed by atoms with E-state index >= 15 is 0 Å². The number of nitrogens with two attached hydrogens (primary N) is 1. The van der Waals surface area contributed by atoms with Gasteiger partial charge >= 0.3 is 12.3 Å². The number of H-pyrrole nitrogens is 1. The van der Waals surface area contributed by atoms with E-state index in [1.807, 2.05) is 20.8 Å². The normalized spacial score (nSPS) is 11.2. The minimum absolute atomic E-state index is 0.0460. The Hall–Kier alpha value is -3.17. The van der Waals surface area contributed by atoms with Gasteiger partial charge < -0.3 is 15.4 Å². The van der Waals surface area contributed by atoms with Crippen LogP contribution in [0.4, 0.5) is 20.3 Å².